The number of hydrogen-bond donors (Lipinski definition) is 1. The molecule has 2 heteroatoms. The molecule has 2 nitrogen and oxygen atoms in total. The van der Waals surface area contributed by atoms with Gasteiger partial charge in [0, 0.05) is 12.7 Å². The van der Waals surface area contributed by atoms with Gasteiger partial charge in [-0.05, 0) is 25.1 Å². The number of allylic oxidation sites excluding steroid dienone is 2. The number of benzene rings is 1. The molecule has 0 amide bonds. The van der Waals surface area contributed by atoms with Crippen molar-refractivity contribution in [1.29, 1.82) is 0 Å². The van der Waals surface area contributed by atoms with Gasteiger partial charge in [0.25, 0.3) is 0 Å². The molecule has 0 aliphatic rings. The lowest BCUT2D eigenvalue weighted by Gasteiger charge is -2.20. The van der Waals surface area contributed by atoms with Crippen molar-refractivity contribution in [3.05, 3.63) is 48.7 Å². The van der Waals surface area contributed by atoms with Crippen molar-refractivity contribution in [2.24, 2.45) is 0 Å². The van der Waals surface area contributed by atoms with Crippen LogP contribution >= 0.6 is 0 Å². The average molecular weight is 189 g/mol. The van der Waals surface area contributed by atoms with Gasteiger partial charge in [-0.25, -0.2) is 0 Å². The number of likely N-dealkylation sites (N-methyl/N-ethyl adjacent to an activating group) is 1. The predicted octanol–water partition coefficient (Wildman–Crippen LogP) is 2.92. The maximum Gasteiger partial charge on any atom is 0.139 e. The first-order chi connectivity index (χ1) is 6.66. The predicted molar refractivity (Wildman–Crippen MR) is 60.5 cm³/mol. The van der Waals surface area contributed by atoms with Crippen LogP contribution < -0.4 is 4.90 Å². The van der Waals surface area contributed by atoms with Crippen LogP contribution in [0.1, 0.15) is 6.92 Å². The van der Waals surface area contributed by atoms with Gasteiger partial charge in [-0.1, -0.05) is 24.8 Å². The monoisotopic (exact) mass is 189 g/mol. The molecule has 0 saturated heterocycles. The molecule has 1 N–H and O–H groups in total. The second-order valence-electron chi connectivity index (χ2n) is 3.04. The van der Waals surface area contributed by atoms with Gasteiger partial charge in [-0.3, -0.25) is 0 Å². The SMILES string of the molecule is C=C(/C=C\C)N(C)c1ccccc1O. The van der Waals surface area contributed by atoms with Crippen molar-refractivity contribution in [3.8, 4) is 5.75 Å². The van der Waals surface area contributed by atoms with Crippen LogP contribution in [0.2, 0.25) is 0 Å². The van der Waals surface area contributed by atoms with E-state index >= 15 is 0 Å². The molecule has 74 valence electrons. The van der Waals surface area contributed by atoms with Crippen LogP contribution in [0.15, 0.2) is 48.7 Å². The molecule has 0 aliphatic carbocycles. The van der Waals surface area contributed by atoms with Gasteiger partial charge >= 0.3 is 0 Å². The Labute approximate surface area is 84.8 Å². The zero-order chi connectivity index (χ0) is 10.6. The Morgan fingerprint density at radius 1 is 1.43 bits per heavy atom. The number of rotatable bonds is 3. The number of aromatic hydroxyl groups is 1. The van der Waals surface area contributed by atoms with Gasteiger partial charge < -0.3 is 10.0 Å². The van der Waals surface area contributed by atoms with E-state index < -0.39 is 0 Å². The number of para-hydroxylation sites is 2. The maximum atomic E-state index is 9.59. The third-order valence-corrected chi connectivity index (χ3v) is 2.03. The molecule has 14 heavy (non-hydrogen) atoms. The molecular weight excluding hydrogens is 174 g/mol. The molecule has 0 saturated carbocycles. The van der Waals surface area contributed by atoms with Gasteiger partial charge in [0.1, 0.15) is 5.75 Å². The van der Waals surface area contributed by atoms with Gasteiger partial charge in [-0.2, -0.15) is 0 Å². The topological polar surface area (TPSA) is 23.5 Å². The van der Waals surface area contributed by atoms with Crippen LogP contribution in [0, 0.1) is 0 Å². The Hall–Kier alpha value is -1.70. The summed E-state index contributed by atoms with van der Waals surface area (Å²) in [5.41, 5.74) is 1.60. The summed E-state index contributed by atoms with van der Waals surface area (Å²) in [6, 6.07) is 7.19. The fourth-order valence-electron chi connectivity index (χ4n) is 1.21. The molecule has 0 fully saturated rings. The number of phenolic OH excluding ortho intramolecular Hbond substituents is 1. The zero-order valence-electron chi connectivity index (χ0n) is 8.57. The van der Waals surface area contributed by atoms with E-state index in [-0.39, 0.29) is 5.75 Å². The highest BCUT2D eigenvalue weighted by Gasteiger charge is 2.05. The molecule has 0 radical (unpaired) electrons. The largest absolute Gasteiger partial charge is 0.506 e. The van der Waals surface area contributed by atoms with Crippen LogP contribution in [0.3, 0.4) is 0 Å². The van der Waals surface area contributed by atoms with E-state index in [1.54, 1.807) is 12.1 Å². The lowest BCUT2D eigenvalue weighted by molar-refractivity contribution is 0.476. The van der Waals surface area contributed by atoms with Crippen molar-refractivity contribution in [1.82, 2.24) is 0 Å². The third-order valence-electron chi connectivity index (χ3n) is 2.03. The van der Waals surface area contributed by atoms with Crippen LogP contribution in [0.5, 0.6) is 5.75 Å². The summed E-state index contributed by atoms with van der Waals surface area (Å²) in [5, 5.41) is 9.59. The summed E-state index contributed by atoms with van der Waals surface area (Å²) in [4.78, 5) is 1.84. The smallest absolute Gasteiger partial charge is 0.139 e. The molecule has 1 aromatic rings. The van der Waals surface area contributed by atoms with Crippen molar-refractivity contribution in [3.63, 3.8) is 0 Å². The quantitative estimate of drug-likeness (QED) is 0.739. The molecule has 0 heterocycles. The summed E-state index contributed by atoms with van der Waals surface area (Å²) < 4.78 is 0. The standard InChI is InChI=1S/C12H15NO/c1-4-7-10(2)13(3)11-8-5-6-9-12(11)14/h4-9,14H,2H2,1,3H3/b7-4-. The normalized spacial score (nSPS) is 10.4. The van der Waals surface area contributed by atoms with Gasteiger partial charge in [0.15, 0.2) is 0 Å². The summed E-state index contributed by atoms with van der Waals surface area (Å²) in [6.45, 7) is 5.82. The maximum absolute atomic E-state index is 9.59. The van der Waals surface area contributed by atoms with E-state index in [2.05, 4.69) is 6.58 Å². The van der Waals surface area contributed by atoms with E-state index in [9.17, 15) is 5.11 Å². The van der Waals surface area contributed by atoms with E-state index in [0.717, 1.165) is 11.4 Å². The van der Waals surface area contributed by atoms with Crippen LogP contribution in [0.25, 0.3) is 0 Å². The zero-order valence-corrected chi connectivity index (χ0v) is 8.57. The average Bonchev–Trinajstić information content (AvgIpc) is 2.18. The van der Waals surface area contributed by atoms with E-state index in [0.29, 0.717) is 0 Å². The molecule has 0 aliphatic heterocycles. The Balaban J connectivity index is 2.95. The first-order valence-electron chi connectivity index (χ1n) is 4.50. The highest BCUT2D eigenvalue weighted by atomic mass is 16.3. The third kappa shape index (κ3) is 2.16. The molecular formula is C12H15NO. The fraction of sp³-hybridized carbons (Fsp3) is 0.167. The van der Waals surface area contributed by atoms with Crippen LogP contribution in [0.4, 0.5) is 5.69 Å². The van der Waals surface area contributed by atoms with E-state index in [1.807, 2.05) is 43.2 Å². The van der Waals surface area contributed by atoms with Crippen molar-refractivity contribution >= 4 is 5.69 Å². The number of nitrogens with zero attached hydrogens (tertiary/aromatic N) is 1. The lowest BCUT2D eigenvalue weighted by atomic mass is 10.2. The van der Waals surface area contributed by atoms with Gasteiger partial charge in [0.05, 0.1) is 5.69 Å². The minimum absolute atomic E-state index is 0.264. The molecule has 0 spiro atoms. The molecule has 0 unspecified atom stereocenters. The first-order valence-corrected chi connectivity index (χ1v) is 4.50. The minimum atomic E-state index is 0.264. The van der Waals surface area contributed by atoms with Crippen LogP contribution in [-0.4, -0.2) is 12.2 Å². The van der Waals surface area contributed by atoms with E-state index in [4.69, 9.17) is 0 Å². The van der Waals surface area contributed by atoms with Crippen molar-refractivity contribution in [2.75, 3.05) is 11.9 Å². The summed E-state index contributed by atoms with van der Waals surface area (Å²) in [5.74, 6) is 0.264. The second-order valence-corrected chi connectivity index (χ2v) is 3.04. The van der Waals surface area contributed by atoms with Crippen molar-refractivity contribution in [2.45, 2.75) is 6.92 Å². The Morgan fingerprint density at radius 3 is 2.64 bits per heavy atom. The van der Waals surface area contributed by atoms with Gasteiger partial charge in [-0.15, -0.1) is 0 Å². The molecule has 0 atom stereocenters. The molecule has 1 rings (SSSR count). The second kappa shape index (κ2) is 4.51. The highest BCUT2D eigenvalue weighted by molar-refractivity contribution is 5.61. The number of hydrogen-bond acceptors (Lipinski definition) is 2. The Morgan fingerprint density at radius 2 is 2.07 bits per heavy atom. The van der Waals surface area contributed by atoms with Crippen molar-refractivity contribution < 1.29 is 5.11 Å². The number of phenols is 1. The van der Waals surface area contributed by atoms with Gasteiger partial charge in [0.2, 0.25) is 0 Å². The highest BCUT2D eigenvalue weighted by Crippen LogP contribution is 2.27. The van der Waals surface area contributed by atoms with Crippen LogP contribution in [-0.2, 0) is 0 Å². The Kier molecular flexibility index (Phi) is 3.35. The molecule has 0 bridgehead atoms. The summed E-state index contributed by atoms with van der Waals surface area (Å²) >= 11 is 0. The fourth-order valence-corrected chi connectivity index (χ4v) is 1.21. The Bertz CT molecular complexity index is 355. The summed E-state index contributed by atoms with van der Waals surface area (Å²) in [6.07, 6.45) is 3.81. The minimum Gasteiger partial charge on any atom is -0.506 e. The van der Waals surface area contributed by atoms with E-state index in [1.165, 1.54) is 0 Å². The number of anilines is 1. The molecule has 0 aromatic heterocycles. The first kappa shape index (κ1) is 10.4. The lowest BCUT2D eigenvalue weighted by Crippen LogP contribution is -2.13. The summed E-state index contributed by atoms with van der Waals surface area (Å²) in [7, 11) is 1.87. The molecule has 1 aromatic carbocycles.